The molecule has 0 spiro atoms. The third kappa shape index (κ3) is 5.90. The Balaban J connectivity index is 1.31. The summed E-state index contributed by atoms with van der Waals surface area (Å²) < 4.78 is 37.8. The Hall–Kier alpha value is -3.48. The Bertz CT molecular complexity index is 1250. The Morgan fingerprint density at radius 2 is 1.88 bits per heavy atom. The van der Waals surface area contributed by atoms with Crippen LogP contribution in [0.3, 0.4) is 0 Å². The van der Waals surface area contributed by atoms with Crippen molar-refractivity contribution >= 4 is 27.7 Å². The summed E-state index contributed by atoms with van der Waals surface area (Å²) in [6.45, 7) is 3.79. The van der Waals surface area contributed by atoms with Crippen LogP contribution in [0.1, 0.15) is 21.9 Å². The zero-order chi connectivity index (χ0) is 24.1. The lowest BCUT2D eigenvalue weighted by atomic mass is 10.2. The van der Waals surface area contributed by atoms with Gasteiger partial charge in [-0.2, -0.15) is 0 Å². The van der Waals surface area contributed by atoms with Gasteiger partial charge >= 0.3 is 0 Å². The fourth-order valence-corrected chi connectivity index (χ4v) is 4.60. The van der Waals surface area contributed by atoms with Crippen LogP contribution >= 0.6 is 0 Å². The number of nitrogens with zero attached hydrogens (tertiary/aromatic N) is 3. The van der Waals surface area contributed by atoms with Crippen molar-refractivity contribution in [2.45, 2.75) is 18.4 Å². The lowest BCUT2D eigenvalue weighted by molar-refractivity contribution is -0.117. The van der Waals surface area contributed by atoms with Crippen LogP contribution in [0.5, 0.6) is 0 Å². The van der Waals surface area contributed by atoms with E-state index in [9.17, 15) is 18.0 Å². The van der Waals surface area contributed by atoms with E-state index in [0.717, 1.165) is 0 Å². The first-order valence-corrected chi connectivity index (χ1v) is 12.2. The van der Waals surface area contributed by atoms with E-state index in [1.807, 2.05) is 4.90 Å². The number of rotatable bonds is 8. The van der Waals surface area contributed by atoms with Gasteiger partial charge in [0.1, 0.15) is 11.5 Å². The molecule has 1 aliphatic heterocycles. The quantitative estimate of drug-likeness (QED) is 0.487. The second kappa shape index (κ2) is 10.2. The minimum Gasteiger partial charge on any atom is -0.468 e. The minimum absolute atomic E-state index is 0.00306. The van der Waals surface area contributed by atoms with E-state index in [-0.39, 0.29) is 35.4 Å². The standard InChI is InChI=1S/C22H25N5O6S/c1-16-12-20(25-33-16)24-21(28)15-26-7-9-27(10-8-26)22(29)17-4-2-6-19(13-17)34(30,31)23-14-18-5-3-11-32-18/h2-6,11-13,23H,7-10,14-15H2,1H3,(H,24,25,28). The van der Waals surface area contributed by atoms with E-state index in [2.05, 4.69) is 15.2 Å². The number of piperazine rings is 1. The molecule has 4 rings (SSSR count). The van der Waals surface area contributed by atoms with Crippen LogP contribution in [0, 0.1) is 6.92 Å². The number of carbonyl (C=O) groups excluding carboxylic acids is 2. The molecule has 180 valence electrons. The second-order valence-corrected chi connectivity index (χ2v) is 9.64. The molecule has 0 radical (unpaired) electrons. The third-order valence-electron chi connectivity index (χ3n) is 5.33. The van der Waals surface area contributed by atoms with Crippen molar-refractivity contribution in [3.63, 3.8) is 0 Å². The fourth-order valence-electron chi connectivity index (χ4n) is 3.56. The Labute approximate surface area is 196 Å². The Morgan fingerprint density at radius 3 is 2.56 bits per heavy atom. The maximum atomic E-state index is 13.0. The van der Waals surface area contributed by atoms with Gasteiger partial charge in [-0.05, 0) is 37.3 Å². The highest BCUT2D eigenvalue weighted by molar-refractivity contribution is 7.89. The lowest BCUT2D eigenvalue weighted by Crippen LogP contribution is -2.50. The maximum Gasteiger partial charge on any atom is 0.253 e. The number of benzene rings is 1. The highest BCUT2D eigenvalue weighted by atomic mass is 32.2. The van der Waals surface area contributed by atoms with Crippen LogP contribution in [-0.2, 0) is 21.4 Å². The van der Waals surface area contributed by atoms with Gasteiger partial charge in [0, 0.05) is 37.8 Å². The topological polar surface area (TPSA) is 138 Å². The maximum absolute atomic E-state index is 13.0. The van der Waals surface area contributed by atoms with Gasteiger partial charge in [0.25, 0.3) is 5.91 Å². The summed E-state index contributed by atoms with van der Waals surface area (Å²) in [5.74, 6) is 0.981. The Morgan fingerprint density at radius 1 is 1.09 bits per heavy atom. The molecule has 0 bridgehead atoms. The van der Waals surface area contributed by atoms with E-state index in [4.69, 9.17) is 8.94 Å². The van der Waals surface area contributed by atoms with Gasteiger partial charge in [0.15, 0.2) is 5.82 Å². The average molecular weight is 488 g/mol. The van der Waals surface area contributed by atoms with Gasteiger partial charge in [-0.15, -0.1) is 0 Å². The van der Waals surface area contributed by atoms with Crippen molar-refractivity contribution in [2.24, 2.45) is 0 Å². The molecule has 1 aliphatic rings. The van der Waals surface area contributed by atoms with E-state index in [0.29, 0.717) is 43.5 Å². The SMILES string of the molecule is Cc1cc(NC(=O)CN2CCN(C(=O)c3cccc(S(=O)(=O)NCc4ccco4)c3)CC2)no1. The number of hydrogen-bond acceptors (Lipinski definition) is 8. The monoisotopic (exact) mass is 487 g/mol. The summed E-state index contributed by atoms with van der Waals surface area (Å²) in [4.78, 5) is 28.8. The zero-order valence-electron chi connectivity index (χ0n) is 18.6. The predicted octanol–water partition coefficient (Wildman–Crippen LogP) is 1.45. The average Bonchev–Trinajstić information content (AvgIpc) is 3.49. The molecular formula is C22H25N5O6S. The smallest absolute Gasteiger partial charge is 0.253 e. The largest absolute Gasteiger partial charge is 0.468 e. The molecule has 2 N–H and O–H groups in total. The number of carbonyl (C=O) groups is 2. The van der Waals surface area contributed by atoms with Crippen molar-refractivity contribution in [3.05, 3.63) is 65.8 Å². The zero-order valence-corrected chi connectivity index (χ0v) is 19.4. The molecule has 0 saturated carbocycles. The summed E-state index contributed by atoms with van der Waals surface area (Å²) >= 11 is 0. The molecule has 2 aromatic heterocycles. The summed E-state index contributed by atoms with van der Waals surface area (Å²) in [6, 6.07) is 10.9. The molecule has 1 saturated heterocycles. The van der Waals surface area contributed by atoms with Crippen molar-refractivity contribution in [1.29, 1.82) is 0 Å². The molecule has 0 aliphatic carbocycles. The van der Waals surface area contributed by atoms with Crippen LogP contribution in [-0.4, -0.2) is 67.9 Å². The summed E-state index contributed by atoms with van der Waals surface area (Å²) in [7, 11) is -3.81. The molecule has 1 fully saturated rings. The van der Waals surface area contributed by atoms with Crippen molar-refractivity contribution in [2.75, 3.05) is 38.0 Å². The second-order valence-electron chi connectivity index (χ2n) is 7.87. The normalized spacial score (nSPS) is 14.8. The van der Waals surface area contributed by atoms with Gasteiger partial charge in [-0.1, -0.05) is 11.2 Å². The number of aryl methyl sites for hydroxylation is 1. The van der Waals surface area contributed by atoms with E-state index in [1.54, 1.807) is 42.2 Å². The van der Waals surface area contributed by atoms with Crippen molar-refractivity contribution in [3.8, 4) is 0 Å². The molecule has 0 atom stereocenters. The molecule has 34 heavy (non-hydrogen) atoms. The number of aromatic nitrogens is 1. The first kappa shape index (κ1) is 23.7. The van der Waals surface area contributed by atoms with Crippen LogP contribution in [0.2, 0.25) is 0 Å². The van der Waals surface area contributed by atoms with Crippen LogP contribution < -0.4 is 10.0 Å². The van der Waals surface area contributed by atoms with Gasteiger partial charge in [0.05, 0.1) is 24.2 Å². The van der Waals surface area contributed by atoms with E-state index in [1.165, 1.54) is 18.4 Å². The highest BCUT2D eigenvalue weighted by Gasteiger charge is 2.25. The summed E-state index contributed by atoms with van der Waals surface area (Å²) in [6.07, 6.45) is 1.46. The first-order valence-electron chi connectivity index (χ1n) is 10.7. The molecular weight excluding hydrogens is 462 g/mol. The Kier molecular flexibility index (Phi) is 7.10. The molecule has 3 aromatic rings. The van der Waals surface area contributed by atoms with Gasteiger partial charge in [0.2, 0.25) is 15.9 Å². The van der Waals surface area contributed by atoms with Crippen molar-refractivity contribution in [1.82, 2.24) is 19.7 Å². The summed E-state index contributed by atoms with van der Waals surface area (Å²) in [5, 5.41) is 6.41. The van der Waals surface area contributed by atoms with E-state index < -0.39 is 10.0 Å². The molecule has 0 unspecified atom stereocenters. The molecule has 11 nitrogen and oxygen atoms in total. The fraction of sp³-hybridized carbons (Fsp3) is 0.318. The number of sulfonamides is 1. The molecule has 1 aromatic carbocycles. The van der Waals surface area contributed by atoms with Gasteiger partial charge in [-0.3, -0.25) is 14.5 Å². The highest BCUT2D eigenvalue weighted by Crippen LogP contribution is 2.16. The molecule has 2 amide bonds. The number of amides is 2. The van der Waals surface area contributed by atoms with Crippen LogP contribution in [0.15, 0.2) is 62.6 Å². The number of hydrogen-bond donors (Lipinski definition) is 2. The number of anilines is 1. The van der Waals surface area contributed by atoms with Crippen LogP contribution in [0.25, 0.3) is 0 Å². The van der Waals surface area contributed by atoms with Gasteiger partial charge < -0.3 is 19.2 Å². The number of nitrogens with one attached hydrogen (secondary N) is 2. The van der Waals surface area contributed by atoms with Gasteiger partial charge in [-0.25, -0.2) is 13.1 Å². The first-order chi connectivity index (χ1) is 16.3. The van der Waals surface area contributed by atoms with Crippen LogP contribution in [0.4, 0.5) is 5.82 Å². The van der Waals surface area contributed by atoms with Crippen molar-refractivity contribution < 1.29 is 26.9 Å². The molecule has 3 heterocycles. The summed E-state index contributed by atoms with van der Waals surface area (Å²) in [5.41, 5.74) is 0.286. The van der Waals surface area contributed by atoms with E-state index >= 15 is 0 Å². The lowest BCUT2D eigenvalue weighted by Gasteiger charge is -2.34. The third-order valence-corrected chi connectivity index (χ3v) is 6.73. The predicted molar refractivity (Wildman–Crippen MR) is 121 cm³/mol. The molecule has 12 heteroatoms. The number of furan rings is 1. The minimum atomic E-state index is -3.81.